The summed E-state index contributed by atoms with van der Waals surface area (Å²) in [5.74, 6) is 1.11. The van der Waals surface area contributed by atoms with Gasteiger partial charge >= 0.3 is 0 Å². The van der Waals surface area contributed by atoms with Gasteiger partial charge in [-0.25, -0.2) is 0 Å². The molecule has 2 atom stereocenters. The highest BCUT2D eigenvalue weighted by Crippen LogP contribution is 2.33. The average Bonchev–Trinajstić information content (AvgIpc) is 2.73. The molecule has 7 heteroatoms. The van der Waals surface area contributed by atoms with E-state index in [2.05, 4.69) is 10.3 Å². The maximum Gasteiger partial charge on any atom is 0.252 e. The summed E-state index contributed by atoms with van der Waals surface area (Å²) in [6.07, 6.45) is 2.34. The molecule has 2 aromatic rings. The number of hydrogen-bond donors (Lipinski definition) is 1. The fourth-order valence-corrected chi connectivity index (χ4v) is 3.41. The number of hydrogen-bond acceptors (Lipinski definition) is 6. The Labute approximate surface area is 164 Å². The molecular formula is C21H24N2O5. The van der Waals surface area contributed by atoms with E-state index in [-0.39, 0.29) is 18.1 Å². The Hall–Kier alpha value is -2.64. The van der Waals surface area contributed by atoms with Crippen molar-refractivity contribution in [2.75, 3.05) is 26.4 Å². The van der Waals surface area contributed by atoms with Crippen molar-refractivity contribution in [3.05, 3.63) is 53.3 Å². The van der Waals surface area contributed by atoms with Crippen molar-refractivity contribution in [3.63, 3.8) is 0 Å². The molecule has 2 aliphatic heterocycles. The average molecular weight is 384 g/mol. The van der Waals surface area contributed by atoms with E-state index in [9.17, 15) is 4.79 Å². The van der Waals surface area contributed by atoms with E-state index in [1.54, 1.807) is 12.3 Å². The van der Waals surface area contributed by atoms with Crippen LogP contribution in [-0.2, 0) is 16.1 Å². The van der Waals surface area contributed by atoms with E-state index in [4.69, 9.17) is 18.9 Å². The lowest BCUT2D eigenvalue weighted by Gasteiger charge is -2.32. The van der Waals surface area contributed by atoms with E-state index in [0.29, 0.717) is 50.1 Å². The highest BCUT2D eigenvalue weighted by Gasteiger charge is 2.29. The summed E-state index contributed by atoms with van der Waals surface area (Å²) < 4.78 is 22.8. The summed E-state index contributed by atoms with van der Waals surface area (Å²) in [7, 11) is 0. The normalized spacial score (nSPS) is 21.2. The van der Waals surface area contributed by atoms with Gasteiger partial charge in [-0.3, -0.25) is 9.78 Å². The Morgan fingerprint density at radius 2 is 2.04 bits per heavy atom. The SMILES string of the molecule is Cc1cc2c(cc1C(=O)N[C@@H]1COCC[C@@H]1OCc1ccccn1)OCCO2. The first-order valence-electron chi connectivity index (χ1n) is 9.51. The molecule has 1 aromatic carbocycles. The van der Waals surface area contributed by atoms with E-state index in [1.165, 1.54) is 0 Å². The van der Waals surface area contributed by atoms with Crippen molar-refractivity contribution in [3.8, 4) is 11.5 Å². The highest BCUT2D eigenvalue weighted by molar-refractivity contribution is 5.96. The molecule has 1 amide bonds. The highest BCUT2D eigenvalue weighted by atomic mass is 16.6. The molecule has 0 unspecified atom stereocenters. The van der Waals surface area contributed by atoms with Gasteiger partial charge in [0.25, 0.3) is 5.91 Å². The number of aryl methyl sites for hydroxylation is 1. The predicted molar refractivity (Wildman–Crippen MR) is 102 cm³/mol. The van der Waals surface area contributed by atoms with Gasteiger partial charge in [0.1, 0.15) is 13.2 Å². The van der Waals surface area contributed by atoms with Gasteiger partial charge in [-0.15, -0.1) is 0 Å². The monoisotopic (exact) mass is 384 g/mol. The zero-order valence-corrected chi connectivity index (χ0v) is 15.8. The van der Waals surface area contributed by atoms with Crippen molar-refractivity contribution in [1.29, 1.82) is 0 Å². The maximum absolute atomic E-state index is 12.9. The van der Waals surface area contributed by atoms with Gasteiger partial charge < -0.3 is 24.3 Å². The van der Waals surface area contributed by atoms with Gasteiger partial charge in [0.2, 0.25) is 0 Å². The van der Waals surface area contributed by atoms with Gasteiger partial charge in [-0.05, 0) is 43.2 Å². The van der Waals surface area contributed by atoms with Gasteiger partial charge in [-0.1, -0.05) is 6.07 Å². The number of nitrogens with zero attached hydrogens (tertiary/aromatic N) is 1. The molecule has 4 rings (SSSR count). The Morgan fingerprint density at radius 3 is 2.82 bits per heavy atom. The van der Waals surface area contributed by atoms with Crippen molar-refractivity contribution in [1.82, 2.24) is 10.3 Å². The van der Waals surface area contributed by atoms with Crippen LogP contribution in [0.25, 0.3) is 0 Å². The first-order valence-corrected chi connectivity index (χ1v) is 9.51. The van der Waals surface area contributed by atoms with Gasteiger partial charge in [0.05, 0.1) is 31.1 Å². The topological polar surface area (TPSA) is 78.9 Å². The minimum absolute atomic E-state index is 0.128. The summed E-state index contributed by atoms with van der Waals surface area (Å²) in [5, 5.41) is 3.06. The summed E-state index contributed by atoms with van der Waals surface area (Å²) >= 11 is 0. The molecule has 1 N–H and O–H groups in total. The Kier molecular flexibility index (Phi) is 5.73. The predicted octanol–water partition coefficient (Wildman–Crippen LogP) is 2.27. The summed E-state index contributed by atoms with van der Waals surface area (Å²) in [6.45, 7) is 4.33. The van der Waals surface area contributed by atoms with Crippen molar-refractivity contribution in [2.45, 2.75) is 32.1 Å². The van der Waals surface area contributed by atoms with Crippen LogP contribution >= 0.6 is 0 Å². The largest absolute Gasteiger partial charge is 0.486 e. The first kappa shape index (κ1) is 18.7. The molecule has 148 valence electrons. The molecule has 7 nitrogen and oxygen atoms in total. The number of aromatic nitrogens is 1. The third kappa shape index (κ3) is 4.26. The molecule has 0 saturated carbocycles. The minimum Gasteiger partial charge on any atom is -0.486 e. The van der Waals surface area contributed by atoms with Crippen LogP contribution in [0.1, 0.15) is 28.0 Å². The molecule has 3 heterocycles. The van der Waals surface area contributed by atoms with Crippen LogP contribution in [0.3, 0.4) is 0 Å². The van der Waals surface area contributed by atoms with Crippen molar-refractivity contribution in [2.24, 2.45) is 0 Å². The molecule has 1 saturated heterocycles. The zero-order chi connectivity index (χ0) is 19.3. The third-order valence-corrected chi connectivity index (χ3v) is 4.91. The minimum atomic E-state index is -0.224. The lowest BCUT2D eigenvalue weighted by molar-refractivity contribution is -0.0612. The van der Waals surface area contributed by atoms with Crippen LogP contribution in [0.4, 0.5) is 0 Å². The summed E-state index contributed by atoms with van der Waals surface area (Å²) in [4.78, 5) is 17.2. The lowest BCUT2D eigenvalue weighted by atomic mass is 10.0. The number of benzene rings is 1. The first-order chi connectivity index (χ1) is 13.7. The second-order valence-corrected chi connectivity index (χ2v) is 6.92. The molecule has 0 radical (unpaired) electrons. The van der Waals surface area contributed by atoms with E-state index in [1.807, 2.05) is 31.2 Å². The van der Waals surface area contributed by atoms with E-state index < -0.39 is 0 Å². The van der Waals surface area contributed by atoms with Crippen LogP contribution < -0.4 is 14.8 Å². The molecular weight excluding hydrogens is 360 g/mol. The second kappa shape index (κ2) is 8.58. The van der Waals surface area contributed by atoms with E-state index in [0.717, 1.165) is 17.7 Å². The maximum atomic E-state index is 12.9. The van der Waals surface area contributed by atoms with Gasteiger partial charge in [0, 0.05) is 18.4 Å². The smallest absolute Gasteiger partial charge is 0.252 e. The summed E-state index contributed by atoms with van der Waals surface area (Å²) in [5.41, 5.74) is 2.27. The Balaban J connectivity index is 1.43. The lowest BCUT2D eigenvalue weighted by Crippen LogP contribution is -2.50. The zero-order valence-electron chi connectivity index (χ0n) is 15.8. The Morgan fingerprint density at radius 1 is 1.21 bits per heavy atom. The number of pyridine rings is 1. The van der Waals surface area contributed by atoms with Crippen LogP contribution in [0, 0.1) is 6.92 Å². The van der Waals surface area contributed by atoms with Crippen LogP contribution in [0.15, 0.2) is 36.5 Å². The second-order valence-electron chi connectivity index (χ2n) is 6.92. The number of amides is 1. The number of fused-ring (bicyclic) bond motifs is 1. The fraction of sp³-hybridized carbons (Fsp3) is 0.429. The molecule has 0 aliphatic carbocycles. The van der Waals surface area contributed by atoms with Crippen LogP contribution in [0.5, 0.6) is 11.5 Å². The molecule has 0 spiro atoms. The third-order valence-electron chi connectivity index (χ3n) is 4.91. The van der Waals surface area contributed by atoms with Crippen LogP contribution in [0.2, 0.25) is 0 Å². The van der Waals surface area contributed by atoms with Crippen molar-refractivity contribution >= 4 is 5.91 Å². The number of rotatable bonds is 5. The number of ether oxygens (including phenoxy) is 4. The number of carbonyl (C=O) groups is 1. The van der Waals surface area contributed by atoms with Gasteiger partial charge in [-0.2, -0.15) is 0 Å². The van der Waals surface area contributed by atoms with Gasteiger partial charge in [0.15, 0.2) is 11.5 Å². The number of nitrogens with one attached hydrogen (secondary N) is 1. The van der Waals surface area contributed by atoms with Crippen LogP contribution in [-0.4, -0.2) is 49.5 Å². The van der Waals surface area contributed by atoms with Crippen molar-refractivity contribution < 1.29 is 23.7 Å². The molecule has 0 bridgehead atoms. The standard InChI is InChI=1S/C21H24N2O5/c1-14-10-19-20(27-9-8-26-19)11-16(14)21(24)23-17-13-25-7-5-18(17)28-12-15-4-2-3-6-22-15/h2-4,6,10-11,17-18H,5,7-9,12-13H2,1H3,(H,23,24)/t17-,18+/m1/s1. The summed E-state index contributed by atoms with van der Waals surface area (Å²) in [6, 6.07) is 9.09. The Bertz CT molecular complexity index is 827. The molecule has 1 aromatic heterocycles. The number of carbonyl (C=O) groups excluding carboxylic acids is 1. The quantitative estimate of drug-likeness (QED) is 0.852. The molecule has 28 heavy (non-hydrogen) atoms. The fourth-order valence-electron chi connectivity index (χ4n) is 3.41. The molecule has 2 aliphatic rings. The van der Waals surface area contributed by atoms with E-state index >= 15 is 0 Å². The molecule has 1 fully saturated rings.